The van der Waals surface area contributed by atoms with Gasteiger partial charge < -0.3 is 5.32 Å². The van der Waals surface area contributed by atoms with E-state index in [1.165, 1.54) is 11.1 Å². The molecule has 1 heteroatoms. The second kappa shape index (κ2) is 7.09. The zero-order valence-electron chi connectivity index (χ0n) is 10.3. The number of nitrogens with one attached hydrogen (secondary N) is 1. The molecule has 86 valence electrons. The van der Waals surface area contributed by atoms with Crippen LogP contribution in [0.2, 0.25) is 0 Å². The Hall–Kier alpha value is -1.26. The zero-order valence-corrected chi connectivity index (χ0v) is 10.3. The molecule has 0 amide bonds. The molecule has 1 atom stereocenters. The Balaban J connectivity index is 2.60. The van der Waals surface area contributed by atoms with Crippen LogP contribution in [0, 0.1) is 19.3 Å². The van der Waals surface area contributed by atoms with Gasteiger partial charge in [-0.3, -0.25) is 0 Å². The molecule has 0 fully saturated rings. The fourth-order valence-corrected chi connectivity index (χ4v) is 1.93. The fraction of sp³-hybridized carbons (Fsp3) is 0.467. The quantitative estimate of drug-likeness (QED) is 0.719. The van der Waals surface area contributed by atoms with E-state index in [1.54, 1.807) is 0 Å². The molecule has 0 aliphatic carbocycles. The monoisotopic (exact) mass is 215 g/mol. The maximum atomic E-state index is 5.32. The number of rotatable bonds is 6. The van der Waals surface area contributed by atoms with Gasteiger partial charge in [-0.1, -0.05) is 31.2 Å². The van der Waals surface area contributed by atoms with E-state index in [2.05, 4.69) is 49.4 Å². The Labute approximate surface area is 99.3 Å². The highest BCUT2D eigenvalue weighted by molar-refractivity contribution is 5.26. The summed E-state index contributed by atoms with van der Waals surface area (Å²) < 4.78 is 0. The highest BCUT2D eigenvalue weighted by Gasteiger charge is 2.08. The average Bonchev–Trinajstić information content (AvgIpc) is 2.29. The third-order valence-electron chi connectivity index (χ3n) is 2.86. The van der Waals surface area contributed by atoms with Crippen molar-refractivity contribution in [2.24, 2.45) is 0 Å². The number of aryl methyl sites for hydroxylation is 1. The third-order valence-corrected chi connectivity index (χ3v) is 2.86. The van der Waals surface area contributed by atoms with E-state index in [9.17, 15) is 0 Å². The van der Waals surface area contributed by atoms with Gasteiger partial charge in [-0.2, -0.15) is 0 Å². The molecular weight excluding hydrogens is 194 g/mol. The second-order valence-corrected chi connectivity index (χ2v) is 4.13. The molecule has 1 aromatic carbocycles. The predicted molar refractivity (Wildman–Crippen MR) is 70.4 cm³/mol. The van der Waals surface area contributed by atoms with E-state index in [1.807, 2.05) is 0 Å². The first-order valence-electron chi connectivity index (χ1n) is 5.99. The first-order chi connectivity index (χ1) is 7.77. The number of likely N-dealkylation sites (N-methyl/N-ethyl adjacent to an activating group) is 1. The van der Waals surface area contributed by atoms with Crippen LogP contribution in [0.25, 0.3) is 0 Å². The first kappa shape index (κ1) is 12.8. The van der Waals surface area contributed by atoms with E-state index in [4.69, 9.17) is 6.42 Å². The van der Waals surface area contributed by atoms with Gasteiger partial charge in [0.25, 0.3) is 0 Å². The van der Waals surface area contributed by atoms with Crippen LogP contribution in [0.1, 0.15) is 30.9 Å². The molecule has 0 bridgehead atoms. The number of benzene rings is 1. The van der Waals surface area contributed by atoms with Gasteiger partial charge in [0.05, 0.1) is 0 Å². The smallest absolute Gasteiger partial charge is 0.0116 e. The number of hydrogen-bond donors (Lipinski definition) is 1. The van der Waals surface area contributed by atoms with Gasteiger partial charge in [0.15, 0.2) is 0 Å². The Morgan fingerprint density at radius 2 is 2.12 bits per heavy atom. The molecule has 1 aromatic rings. The SMILES string of the molecule is C#CCCC(Cc1ccccc1C)NCC. The molecule has 1 unspecified atom stereocenters. The molecule has 0 aromatic heterocycles. The van der Waals surface area contributed by atoms with Crippen LogP contribution in [0.4, 0.5) is 0 Å². The van der Waals surface area contributed by atoms with Crippen molar-refractivity contribution in [2.45, 2.75) is 39.2 Å². The van der Waals surface area contributed by atoms with Crippen molar-refractivity contribution < 1.29 is 0 Å². The summed E-state index contributed by atoms with van der Waals surface area (Å²) in [6.07, 6.45) is 8.30. The Morgan fingerprint density at radius 3 is 2.75 bits per heavy atom. The van der Waals surface area contributed by atoms with Gasteiger partial charge in [0.1, 0.15) is 0 Å². The van der Waals surface area contributed by atoms with Crippen LogP contribution < -0.4 is 5.32 Å². The van der Waals surface area contributed by atoms with Crippen molar-refractivity contribution in [3.05, 3.63) is 35.4 Å². The topological polar surface area (TPSA) is 12.0 Å². The van der Waals surface area contributed by atoms with E-state index in [-0.39, 0.29) is 0 Å². The van der Waals surface area contributed by atoms with Gasteiger partial charge >= 0.3 is 0 Å². The lowest BCUT2D eigenvalue weighted by atomic mass is 9.98. The van der Waals surface area contributed by atoms with Crippen LogP contribution in [0.15, 0.2) is 24.3 Å². The van der Waals surface area contributed by atoms with Gasteiger partial charge in [-0.05, 0) is 37.4 Å². The summed E-state index contributed by atoms with van der Waals surface area (Å²) in [5, 5.41) is 3.50. The Bertz CT molecular complexity index is 349. The van der Waals surface area contributed by atoms with Crippen LogP contribution in [-0.2, 0) is 6.42 Å². The highest BCUT2D eigenvalue weighted by atomic mass is 14.9. The van der Waals surface area contributed by atoms with E-state index >= 15 is 0 Å². The van der Waals surface area contributed by atoms with Gasteiger partial charge in [-0.25, -0.2) is 0 Å². The zero-order chi connectivity index (χ0) is 11.8. The largest absolute Gasteiger partial charge is 0.314 e. The molecule has 0 heterocycles. The van der Waals surface area contributed by atoms with Crippen LogP contribution >= 0.6 is 0 Å². The maximum absolute atomic E-state index is 5.32. The molecule has 0 radical (unpaired) electrons. The van der Waals surface area contributed by atoms with Gasteiger partial charge in [0.2, 0.25) is 0 Å². The van der Waals surface area contributed by atoms with E-state index in [0.29, 0.717) is 6.04 Å². The first-order valence-corrected chi connectivity index (χ1v) is 5.99. The summed E-state index contributed by atoms with van der Waals surface area (Å²) in [7, 11) is 0. The lowest BCUT2D eigenvalue weighted by Gasteiger charge is -2.18. The second-order valence-electron chi connectivity index (χ2n) is 4.13. The third kappa shape index (κ3) is 4.08. The lowest BCUT2D eigenvalue weighted by molar-refractivity contribution is 0.496. The fourth-order valence-electron chi connectivity index (χ4n) is 1.93. The van der Waals surface area contributed by atoms with E-state index in [0.717, 1.165) is 25.8 Å². The van der Waals surface area contributed by atoms with Crippen molar-refractivity contribution in [2.75, 3.05) is 6.54 Å². The van der Waals surface area contributed by atoms with Crippen LogP contribution in [0.5, 0.6) is 0 Å². The molecule has 0 aliphatic rings. The van der Waals surface area contributed by atoms with Crippen molar-refractivity contribution >= 4 is 0 Å². The molecule has 0 aliphatic heterocycles. The molecule has 0 saturated carbocycles. The average molecular weight is 215 g/mol. The minimum Gasteiger partial charge on any atom is -0.314 e. The minimum absolute atomic E-state index is 0.502. The molecule has 16 heavy (non-hydrogen) atoms. The van der Waals surface area contributed by atoms with Crippen LogP contribution in [-0.4, -0.2) is 12.6 Å². The van der Waals surface area contributed by atoms with E-state index < -0.39 is 0 Å². The Morgan fingerprint density at radius 1 is 1.38 bits per heavy atom. The predicted octanol–water partition coefficient (Wildman–Crippen LogP) is 2.93. The maximum Gasteiger partial charge on any atom is 0.0116 e. The van der Waals surface area contributed by atoms with Gasteiger partial charge in [-0.15, -0.1) is 12.3 Å². The molecular formula is C15H21N. The molecule has 0 spiro atoms. The minimum atomic E-state index is 0.502. The molecule has 0 saturated heterocycles. The van der Waals surface area contributed by atoms with Crippen molar-refractivity contribution in [1.82, 2.24) is 5.32 Å². The standard InChI is InChI=1S/C15H21N/c1-4-6-11-15(16-5-2)12-14-10-8-7-9-13(14)3/h1,7-10,15-16H,5-6,11-12H2,2-3H3. The molecule has 1 N–H and O–H groups in total. The normalized spacial score (nSPS) is 12.1. The lowest BCUT2D eigenvalue weighted by Crippen LogP contribution is -2.31. The number of terminal acetylenes is 1. The summed E-state index contributed by atoms with van der Waals surface area (Å²) in [4.78, 5) is 0. The van der Waals surface area contributed by atoms with Crippen LogP contribution in [0.3, 0.4) is 0 Å². The summed E-state index contributed by atoms with van der Waals surface area (Å²) in [5.41, 5.74) is 2.79. The summed E-state index contributed by atoms with van der Waals surface area (Å²) in [6, 6.07) is 9.06. The Kier molecular flexibility index (Phi) is 5.67. The highest BCUT2D eigenvalue weighted by Crippen LogP contribution is 2.12. The molecule has 1 nitrogen and oxygen atoms in total. The molecule has 1 rings (SSSR count). The summed E-state index contributed by atoms with van der Waals surface area (Å²) in [6.45, 7) is 5.31. The van der Waals surface area contributed by atoms with Crippen molar-refractivity contribution in [3.8, 4) is 12.3 Å². The summed E-state index contributed by atoms with van der Waals surface area (Å²) in [5.74, 6) is 2.72. The van der Waals surface area contributed by atoms with Gasteiger partial charge in [0, 0.05) is 12.5 Å². The summed E-state index contributed by atoms with van der Waals surface area (Å²) >= 11 is 0. The number of hydrogen-bond acceptors (Lipinski definition) is 1. The van der Waals surface area contributed by atoms with Crippen molar-refractivity contribution in [3.63, 3.8) is 0 Å². The van der Waals surface area contributed by atoms with Crippen molar-refractivity contribution in [1.29, 1.82) is 0 Å².